The zero-order valence-corrected chi connectivity index (χ0v) is 20.3. The van der Waals surface area contributed by atoms with Gasteiger partial charge in [0.1, 0.15) is 12.4 Å². The minimum Gasteiger partial charge on any atom is -0.493 e. The van der Waals surface area contributed by atoms with E-state index in [9.17, 15) is 8.78 Å². The fraction of sp³-hybridized carbons (Fsp3) is 0.381. The van der Waals surface area contributed by atoms with E-state index in [1.54, 1.807) is 21.3 Å². The zero-order valence-electron chi connectivity index (χ0n) is 18.0. The first-order valence-electron chi connectivity index (χ1n) is 9.41. The second-order valence-corrected chi connectivity index (χ2v) is 6.08. The topological polar surface area (TPSA) is 73.3 Å². The molecule has 2 N–H and O–H groups in total. The number of aliphatic imine (C=N–C) groups is 1. The summed E-state index contributed by atoms with van der Waals surface area (Å²) >= 11 is 0. The van der Waals surface area contributed by atoms with Gasteiger partial charge in [0.15, 0.2) is 29.1 Å². The van der Waals surface area contributed by atoms with E-state index in [2.05, 4.69) is 15.6 Å². The summed E-state index contributed by atoms with van der Waals surface area (Å²) < 4.78 is 47.6. The van der Waals surface area contributed by atoms with Crippen LogP contribution >= 0.6 is 24.0 Å². The van der Waals surface area contributed by atoms with E-state index in [1.165, 1.54) is 6.07 Å². The molecule has 0 fully saturated rings. The molecular weight excluding hydrogens is 523 g/mol. The van der Waals surface area contributed by atoms with Crippen molar-refractivity contribution in [1.82, 2.24) is 10.6 Å². The quantitative estimate of drug-likeness (QED) is 0.203. The van der Waals surface area contributed by atoms with Crippen molar-refractivity contribution in [3.8, 4) is 23.0 Å². The van der Waals surface area contributed by atoms with Crippen LogP contribution in [0.15, 0.2) is 35.3 Å². The van der Waals surface area contributed by atoms with E-state index in [-0.39, 0.29) is 36.3 Å². The summed E-state index contributed by atoms with van der Waals surface area (Å²) in [4.78, 5) is 4.54. The first-order chi connectivity index (χ1) is 14.5. The molecule has 2 aromatic carbocycles. The number of nitrogens with zero attached hydrogens (tertiary/aromatic N) is 1. The third-order valence-electron chi connectivity index (χ3n) is 4.04. The van der Waals surface area contributed by atoms with Crippen molar-refractivity contribution in [3.63, 3.8) is 0 Å². The number of hydrogen-bond donors (Lipinski definition) is 2. The average Bonchev–Trinajstić information content (AvgIpc) is 2.76. The Labute approximate surface area is 198 Å². The largest absolute Gasteiger partial charge is 0.493 e. The van der Waals surface area contributed by atoms with Crippen LogP contribution in [0, 0.1) is 11.6 Å². The predicted octanol–water partition coefficient (Wildman–Crippen LogP) is 3.74. The molecule has 0 aliphatic heterocycles. The van der Waals surface area contributed by atoms with Gasteiger partial charge >= 0.3 is 0 Å². The van der Waals surface area contributed by atoms with Gasteiger partial charge in [-0.1, -0.05) is 0 Å². The van der Waals surface area contributed by atoms with Gasteiger partial charge in [0.25, 0.3) is 0 Å². The predicted molar refractivity (Wildman–Crippen MR) is 126 cm³/mol. The lowest BCUT2D eigenvalue weighted by atomic mass is 10.2. The third kappa shape index (κ3) is 7.93. The molecule has 0 unspecified atom stereocenters. The standard InChI is InChI=1S/C21H27F2N3O4.HI/c1-5-24-21(25-8-9-30-15-6-7-16(22)17(23)12-15)26-13-14-10-18(27-2)20(29-4)19(11-14)28-3;/h6-7,10-12H,5,8-9,13H2,1-4H3,(H2,24,25,26);1H. The van der Waals surface area contributed by atoms with Crippen LogP contribution in [0.3, 0.4) is 0 Å². The summed E-state index contributed by atoms with van der Waals surface area (Å²) in [5.41, 5.74) is 0.875. The van der Waals surface area contributed by atoms with Crippen molar-refractivity contribution < 1.29 is 27.7 Å². The van der Waals surface area contributed by atoms with E-state index in [1.807, 2.05) is 19.1 Å². The summed E-state index contributed by atoms with van der Waals surface area (Å²) in [6, 6.07) is 7.09. The van der Waals surface area contributed by atoms with Crippen molar-refractivity contribution in [2.45, 2.75) is 13.5 Å². The van der Waals surface area contributed by atoms with E-state index in [0.29, 0.717) is 42.8 Å². The summed E-state index contributed by atoms with van der Waals surface area (Å²) in [5, 5.41) is 6.26. The second-order valence-electron chi connectivity index (χ2n) is 6.08. The lowest BCUT2D eigenvalue weighted by molar-refractivity contribution is 0.318. The SMILES string of the molecule is CCNC(=NCc1cc(OC)c(OC)c(OC)c1)NCCOc1ccc(F)c(F)c1.I. The van der Waals surface area contributed by atoms with Gasteiger partial charge in [-0.25, -0.2) is 13.8 Å². The van der Waals surface area contributed by atoms with E-state index >= 15 is 0 Å². The monoisotopic (exact) mass is 551 g/mol. The fourth-order valence-corrected chi connectivity index (χ4v) is 2.64. The van der Waals surface area contributed by atoms with Crippen molar-refractivity contribution in [2.75, 3.05) is 41.0 Å². The smallest absolute Gasteiger partial charge is 0.203 e. The van der Waals surface area contributed by atoms with E-state index in [0.717, 1.165) is 17.7 Å². The van der Waals surface area contributed by atoms with Gasteiger partial charge in [0.2, 0.25) is 5.75 Å². The first kappa shape index (κ1) is 26.5. The van der Waals surface area contributed by atoms with Crippen LogP contribution in [0.4, 0.5) is 8.78 Å². The first-order valence-corrected chi connectivity index (χ1v) is 9.41. The second kappa shape index (κ2) is 13.7. The number of hydrogen-bond acceptors (Lipinski definition) is 5. The maximum absolute atomic E-state index is 13.2. The number of halogens is 3. The van der Waals surface area contributed by atoms with Crippen LogP contribution < -0.4 is 29.6 Å². The maximum Gasteiger partial charge on any atom is 0.203 e. The number of ether oxygens (including phenoxy) is 4. The van der Waals surface area contributed by atoms with Gasteiger partial charge in [0.05, 0.1) is 34.4 Å². The molecule has 0 heterocycles. The fourth-order valence-electron chi connectivity index (χ4n) is 2.64. The van der Waals surface area contributed by atoms with Gasteiger partial charge in [0, 0.05) is 12.6 Å². The molecule has 0 spiro atoms. The molecule has 0 radical (unpaired) electrons. The Hall–Kier alpha value is -2.50. The van der Waals surface area contributed by atoms with Crippen molar-refractivity contribution in [3.05, 3.63) is 47.5 Å². The van der Waals surface area contributed by atoms with Crippen LogP contribution in [0.25, 0.3) is 0 Å². The molecule has 0 bridgehead atoms. The van der Waals surface area contributed by atoms with E-state index in [4.69, 9.17) is 18.9 Å². The lowest BCUT2D eigenvalue weighted by Crippen LogP contribution is -2.39. The molecule has 0 aromatic heterocycles. The molecule has 0 aliphatic carbocycles. The molecule has 2 rings (SSSR count). The minimum atomic E-state index is -0.944. The van der Waals surface area contributed by atoms with Gasteiger partial charge in [-0.2, -0.15) is 0 Å². The normalized spacial score (nSPS) is 10.7. The van der Waals surface area contributed by atoms with Crippen molar-refractivity contribution in [2.24, 2.45) is 4.99 Å². The number of rotatable bonds is 10. The molecule has 172 valence electrons. The molecule has 0 saturated carbocycles. The molecule has 2 aromatic rings. The Morgan fingerprint density at radius 3 is 2.16 bits per heavy atom. The number of guanidine groups is 1. The summed E-state index contributed by atoms with van der Waals surface area (Å²) in [6.07, 6.45) is 0. The van der Waals surface area contributed by atoms with Crippen LogP contribution in [0.5, 0.6) is 23.0 Å². The van der Waals surface area contributed by atoms with Crippen LogP contribution in [0.2, 0.25) is 0 Å². The summed E-state index contributed by atoms with van der Waals surface area (Å²) in [5.74, 6) is 0.622. The molecule has 7 nitrogen and oxygen atoms in total. The Kier molecular flexibility index (Phi) is 11.8. The zero-order chi connectivity index (χ0) is 21.9. The van der Waals surface area contributed by atoms with Gasteiger partial charge in [-0.15, -0.1) is 24.0 Å². The minimum absolute atomic E-state index is 0. The molecule has 0 aliphatic rings. The molecule has 10 heteroatoms. The Morgan fingerprint density at radius 1 is 0.935 bits per heavy atom. The van der Waals surface area contributed by atoms with Gasteiger partial charge in [-0.05, 0) is 36.8 Å². The Balaban J connectivity index is 0.00000480. The Bertz CT molecular complexity index is 844. The molecule has 0 amide bonds. The van der Waals surface area contributed by atoms with Crippen LogP contribution in [-0.4, -0.2) is 47.0 Å². The average molecular weight is 551 g/mol. The van der Waals surface area contributed by atoms with Crippen LogP contribution in [-0.2, 0) is 6.54 Å². The summed E-state index contributed by atoms with van der Waals surface area (Å²) in [7, 11) is 4.67. The van der Waals surface area contributed by atoms with Gasteiger partial charge in [-0.3, -0.25) is 0 Å². The molecular formula is C21H28F2IN3O4. The highest BCUT2D eigenvalue weighted by atomic mass is 127. The highest BCUT2D eigenvalue weighted by Gasteiger charge is 2.13. The molecule has 31 heavy (non-hydrogen) atoms. The number of benzene rings is 2. The van der Waals surface area contributed by atoms with Crippen molar-refractivity contribution >= 4 is 29.9 Å². The number of methoxy groups -OCH3 is 3. The van der Waals surface area contributed by atoms with Crippen LogP contribution in [0.1, 0.15) is 12.5 Å². The summed E-state index contributed by atoms with van der Waals surface area (Å²) in [6.45, 7) is 3.66. The Morgan fingerprint density at radius 2 is 1.61 bits per heavy atom. The van der Waals surface area contributed by atoms with Gasteiger partial charge < -0.3 is 29.6 Å². The molecule has 0 atom stereocenters. The maximum atomic E-state index is 13.2. The highest BCUT2D eigenvalue weighted by Crippen LogP contribution is 2.38. The highest BCUT2D eigenvalue weighted by molar-refractivity contribution is 14.0. The third-order valence-corrected chi connectivity index (χ3v) is 4.04. The van der Waals surface area contributed by atoms with E-state index < -0.39 is 11.6 Å². The molecule has 0 saturated heterocycles. The number of nitrogens with one attached hydrogen (secondary N) is 2. The van der Waals surface area contributed by atoms with Crippen molar-refractivity contribution in [1.29, 1.82) is 0 Å². The lowest BCUT2D eigenvalue weighted by Gasteiger charge is -2.14.